The first-order valence-electron chi connectivity index (χ1n) is 8.70. The van der Waals surface area contributed by atoms with Gasteiger partial charge in [-0.1, -0.05) is 0 Å². The van der Waals surface area contributed by atoms with Crippen LogP contribution in [0.1, 0.15) is 43.6 Å². The third-order valence-corrected chi connectivity index (χ3v) is 4.73. The van der Waals surface area contributed by atoms with Gasteiger partial charge in [-0.15, -0.1) is 24.8 Å². The fourth-order valence-corrected chi connectivity index (χ4v) is 3.55. The number of nitrogens with one attached hydrogen (secondary N) is 2. The van der Waals surface area contributed by atoms with Gasteiger partial charge in [0.15, 0.2) is 0 Å². The van der Waals surface area contributed by atoms with E-state index in [1.54, 1.807) is 0 Å². The van der Waals surface area contributed by atoms with E-state index in [4.69, 9.17) is 0 Å². The Morgan fingerprint density at radius 3 is 2.56 bits per heavy atom. The molecule has 2 aliphatic rings. The molecule has 0 aromatic carbocycles. The monoisotopic (exact) mass is 389 g/mol. The van der Waals surface area contributed by atoms with Crippen molar-refractivity contribution in [3.8, 4) is 0 Å². The number of amides is 1. The molecule has 1 amide bonds. The summed E-state index contributed by atoms with van der Waals surface area (Å²) in [4.78, 5) is 23.3. The lowest BCUT2D eigenvalue weighted by molar-refractivity contribution is -0.122. The lowest BCUT2D eigenvalue weighted by Crippen LogP contribution is -2.46. The largest absolute Gasteiger partial charge is 0.356 e. The highest BCUT2D eigenvalue weighted by Crippen LogP contribution is 2.19. The van der Waals surface area contributed by atoms with Crippen LogP contribution in [-0.2, 0) is 4.79 Å². The molecular formula is C17H29Cl2N5O. The number of nitrogens with zero attached hydrogens (tertiary/aromatic N) is 3. The maximum Gasteiger partial charge on any atom is 0.221 e. The topological polar surface area (TPSA) is 70.2 Å². The number of aryl methyl sites for hydroxylation is 2. The van der Waals surface area contributed by atoms with E-state index in [1.165, 1.54) is 6.42 Å². The van der Waals surface area contributed by atoms with Crippen LogP contribution in [0.3, 0.4) is 0 Å². The zero-order valence-electron chi connectivity index (χ0n) is 15.0. The number of carbonyl (C=O) groups is 1. The molecule has 3 heterocycles. The Bertz CT molecular complexity index is 538. The minimum absolute atomic E-state index is 0. The number of aromatic nitrogens is 2. The van der Waals surface area contributed by atoms with Gasteiger partial charge in [0.25, 0.3) is 0 Å². The fraction of sp³-hybridized carbons (Fsp3) is 0.706. The maximum absolute atomic E-state index is 12.1. The van der Waals surface area contributed by atoms with Gasteiger partial charge in [-0.2, -0.15) is 0 Å². The van der Waals surface area contributed by atoms with E-state index >= 15 is 0 Å². The zero-order valence-corrected chi connectivity index (χ0v) is 16.6. The highest BCUT2D eigenvalue weighted by molar-refractivity contribution is 5.85. The summed E-state index contributed by atoms with van der Waals surface area (Å²) in [6.07, 6.45) is 4.88. The number of anilines is 1. The van der Waals surface area contributed by atoms with Gasteiger partial charge in [-0.25, -0.2) is 9.97 Å². The molecule has 2 aliphatic heterocycles. The van der Waals surface area contributed by atoms with E-state index in [0.717, 1.165) is 56.2 Å². The molecule has 142 valence electrons. The van der Waals surface area contributed by atoms with E-state index in [-0.39, 0.29) is 30.7 Å². The fourth-order valence-electron chi connectivity index (χ4n) is 3.55. The Balaban J connectivity index is 0.00000156. The van der Waals surface area contributed by atoms with E-state index < -0.39 is 0 Å². The maximum atomic E-state index is 12.1. The van der Waals surface area contributed by atoms with Gasteiger partial charge in [0.2, 0.25) is 5.91 Å². The third kappa shape index (κ3) is 6.28. The van der Waals surface area contributed by atoms with Gasteiger partial charge >= 0.3 is 0 Å². The molecule has 1 aromatic rings. The van der Waals surface area contributed by atoms with Crippen LogP contribution < -0.4 is 15.5 Å². The Labute approximate surface area is 162 Å². The van der Waals surface area contributed by atoms with E-state index in [2.05, 4.69) is 25.5 Å². The number of piperidine rings is 1. The Kier molecular flexibility index (Phi) is 8.89. The predicted molar refractivity (Wildman–Crippen MR) is 105 cm³/mol. The molecule has 1 unspecified atom stereocenters. The molecule has 6 nitrogen and oxygen atoms in total. The lowest BCUT2D eigenvalue weighted by Gasteiger charge is -2.33. The van der Waals surface area contributed by atoms with Gasteiger partial charge in [-0.05, 0) is 46.1 Å². The second-order valence-electron chi connectivity index (χ2n) is 6.74. The molecule has 0 aliphatic carbocycles. The number of rotatable bonds is 4. The second kappa shape index (κ2) is 10.1. The van der Waals surface area contributed by atoms with Crippen LogP contribution in [0.15, 0.2) is 6.07 Å². The quantitative estimate of drug-likeness (QED) is 0.825. The van der Waals surface area contributed by atoms with Crippen LogP contribution in [0.5, 0.6) is 0 Å². The van der Waals surface area contributed by atoms with Gasteiger partial charge in [0, 0.05) is 43.4 Å². The first-order chi connectivity index (χ1) is 11.1. The predicted octanol–water partition coefficient (Wildman–Crippen LogP) is 2.16. The van der Waals surface area contributed by atoms with Crippen molar-refractivity contribution < 1.29 is 4.79 Å². The summed E-state index contributed by atoms with van der Waals surface area (Å²) in [7, 11) is 0. The van der Waals surface area contributed by atoms with Crippen molar-refractivity contribution in [2.24, 2.45) is 0 Å². The molecule has 0 spiro atoms. The SMILES string of the molecule is Cc1cc(N2CCC(NC(=O)CC3CCCN3)CC2)nc(C)n1.Cl.Cl. The second-order valence-corrected chi connectivity index (χ2v) is 6.74. The van der Waals surface area contributed by atoms with Crippen molar-refractivity contribution in [1.82, 2.24) is 20.6 Å². The molecule has 0 radical (unpaired) electrons. The van der Waals surface area contributed by atoms with Crippen molar-refractivity contribution in [2.45, 2.75) is 58.0 Å². The first-order valence-corrected chi connectivity index (χ1v) is 8.70. The summed E-state index contributed by atoms with van der Waals surface area (Å²) in [5.74, 6) is 2.02. The Morgan fingerprint density at radius 2 is 1.96 bits per heavy atom. The average Bonchev–Trinajstić information content (AvgIpc) is 2.99. The normalized spacial score (nSPS) is 20.6. The molecule has 8 heteroatoms. The summed E-state index contributed by atoms with van der Waals surface area (Å²) in [5, 5.41) is 6.58. The number of halogens is 2. The summed E-state index contributed by atoms with van der Waals surface area (Å²) in [6.45, 7) is 6.85. The van der Waals surface area contributed by atoms with E-state index in [1.807, 2.05) is 19.9 Å². The minimum Gasteiger partial charge on any atom is -0.356 e. The molecule has 2 N–H and O–H groups in total. The molecule has 2 saturated heterocycles. The summed E-state index contributed by atoms with van der Waals surface area (Å²) >= 11 is 0. The highest BCUT2D eigenvalue weighted by Gasteiger charge is 2.24. The van der Waals surface area contributed by atoms with Crippen molar-refractivity contribution in [1.29, 1.82) is 0 Å². The first kappa shape index (κ1) is 21.9. The highest BCUT2D eigenvalue weighted by atomic mass is 35.5. The lowest BCUT2D eigenvalue weighted by atomic mass is 10.0. The van der Waals surface area contributed by atoms with Crippen molar-refractivity contribution in [3.05, 3.63) is 17.6 Å². The summed E-state index contributed by atoms with van der Waals surface area (Å²) in [5.41, 5.74) is 1.01. The van der Waals surface area contributed by atoms with Crippen LogP contribution in [0.2, 0.25) is 0 Å². The Hall–Kier alpha value is -1.11. The molecule has 2 fully saturated rings. The average molecular weight is 390 g/mol. The minimum atomic E-state index is 0. The number of hydrogen-bond donors (Lipinski definition) is 2. The van der Waals surface area contributed by atoms with Crippen molar-refractivity contribution in [3.63, 3.8) is 0 Å². The Morgan fingerprint density at radius 1 is 1.24 bits per heavy atom. The van der Waals surface area contributed by atoms with E-state index in [0.29, 0.717) is 18.5 Å². The van der Waals surface area contributed by atoms with Crippen LogP contribution in [-0.4, -0.2) is 47.6 Å². The van der Waals surface area contributed by atoms with Crippen LogP contribution in [0.4, 0.5) is 5.82 Å². The molecule has 3 rings (SSSR count). The van der Waals surface area contributed by atoms with Crippen molar-refractivity contribution in [2.75, 3.05) is 24.5 Å². The van der Waals surface area contributed by atoms with Gasteiger partial charge < -0.3 is 15.5 Å². The summed E-state index contributed by atoms with van der Waals surface area (Å²) in [6, 6.07) is 2.71. The molecular weight excluding hydrogens is 361 g/mol. The van der Waals surface area contributed by atoms with Gasteiger partial charge in [0.05, 0.1) is 0 Å². The molecule has 1 atom stereocenters. The molecule has 1 aromatic heterocycles. The van der Waals surface area contributed by atoms with Gasteiger partial charge in [0.1, 0.15) is 11.6 Å². The molecule has 25 heavy (non-hydrogen) atoms. The van der Waals surface area contributed by atoms with Crippen molar-refractivity contribution >= 4 is 36.5 Å². The number of hydrogen-bond acceptors (Lipinski definition) is 5. The van der Waals surface area contributed by atoms with E-state index in [9.17, 15) is 4.79 Å². The molecule has 0 bridgehead atoms. The zero-order chi connectivity index (χ0) is 16.2. The van der Waals surface area contributed by atoms with Crippen LogP contribution >= 0.6 is 24.8 Å². The molecule has 0 saturated carbocycles. The van der Waals surface area contributed by atoms with Crippen LogP contribution in [0.25, 0.3) is 0 Å². The standard InChI is InChI=1S/C17H27N5O.2ClH/c1-12-10-16(20-13(2)19-12)22-8-5-14(6-9-22)21-17(23)11-15-4-3-7-18-15;;/h10,14-15,18H,3-9,11H2,1-2H3,(H,21,23);2*1H. The van der Waals surface area contributed by atoms with Crippen LogP contribution in [0, 0.1) is 13.8 Å². The summed E-state index contributed by atoms with van der Waals surface area (Å²) < 4.78 is 0. The smallest absolute Gasteiger partial charge is 0.221 e. The third-order valence-electron chi connectivity index (χ3n) is 4.73. The number of carbonyl (C=O) groups excluding carboxylic acids is 1. The van der Waals surface area contributed by atoms with Gasteiger partial charge in [-0.3, -0.25) is 4.79 Å².